The SMILES string of the molecule is CC(C(=O)C(F)(F)F)c1nc(-c2ccccc2F)no1. The molecule has 1 aromatic carbocycles. The summed E-state index contributed by atoms with van der Waals surface area (Å²) in [5.41, 5.74) is -0.0193. The predicted molar refractivity (Wildman–Crippen MR) is 59.2 cm³/mol. The average Bonchev–Trinajstić information content (AvgIpc) is 2.86. The Morgan fingerprint density at radius 2 is 1.95 bits per heavy atom. The molecule has 20 heavy (non-hydrogen) atoms. The van der Waals surface area contributed by atoms with Crippen LogP contribution < -0.4 is 0 Å². The molecule has 1 heterocycles. The Bertz CT molecular complexity index is 636. The number of nitrogens with zero attached hydrogens (tertiary/aromatic N) is 2. The first-order valence-electron chi connectivity index (χ1n) is 5.50. The Labute approximate surface area is 110 Å². The van der Waals surface area contributed by atoms with Crippen molar-refractivity contribution in [2.24, 2.45) is 0 Å². The lowest BCUT2D eigenvalue weighted by molar-refractivity contribution is -0.172. The quantitative estimate of drug-likeness (QED) is 0.814. The van der Waals surface area contributed by atoms with Crippen LogP contribution in [-0.4, -0.2) is 22.1 Å². The molecule has 0 radical (unpaired) electrons. The third kappa shape index (κ3) is 2.68. The molecule has 1 unspecified atom stereocenters. The molecule has 2 aromatic rings. The molecule has 0 aliphatic rings. The molecule has 4 nitrogen and oxygen atoms in total. The largest absolute Gasteiger partial charge is 0.450 e. The summed E-state index contributed by atoms with van der Waals surface area (Å²) in [4.78, 5) is 14.7. The number of carbonyl (C=O) groups is 1. The van der Waals surface area contributed by atoms with Crippen LogP contribution in [0.25, 0.3) is 11.4 Å². The standard InChI is InChI=1S/C12H8F4N2O2/c1-6(9(19)12(14,15)16)11-17-10(18-20-11)7-4-2-3-5-8(7)13/h2-6H,1H3. The lowest BCUT2D eigenvalue weighted by Crippen LogP contribution is -2.27. The molecule has 0 spiro atoms. The topological polar surface area (TPSA) is 56.0 Å². The lowest BCUT2D eigenvalue weighted by Gasteiger charge is -2.08. The Morgan fingerprint density at radius 1 is 1.30 bits per heavy atom. The molecule has 0 saturated carbocycles. The van der Waals surface area contributed by atoms with Crippen molar-refractivity contribution >= 4 is 5.78 Å². The van der Waals surface area contributed by atoms with E-state index in [0.29, 0.717) is 0 Å². The van der Waals surface area contributed by atoms with Crippen LogP contribution in [0, 0.1) is 5.82 Å². The first-order valence-corrected chi connectivity index (χ1v) is 5.50. The number of alkyl halides is 3. The van der Waals surface area contributed by atoms with Crippen molar-refractivity contribution in [2.45, 2.75) is 19.0 Å². The van der Waals surface area contributed by atoms with E-state index in [-0.39, 0.29) is 11.4 Å². The van der Waals surface area contributed by atoms with Crippen LogP contribution in [0.5, 0.6) is 0 Å². The number of benzene rings is 1. The summed E-state index contributed by atoms with van der Waals surface area (Å²) in [6.07, 6.45) is -4.99. The number of hydrogen-bond acceptors (Lipinski definition) is 4. The van der Waals surface area contributed by atoms with Crippen molar-refractivity contribution < 1.29 is 26.9 Å². The zero-order valence-electron chi connectivity index (χ0n) is 10.1. The van der Waals surface area contributed by atoms with Crippen molar-refractivity contribution in [1.82, 2.24) is 10.1 Å². The highest BCUT2D eigenvalue weighted by atomic mass is 19.4. The minimum Gasteiger partial charge on any atom is -0.338 e. The van der Waals surface area contributed by atoms with Crippen LogP contribution in [0.15, 0.2) is 28.8 Å². The van der Waals surface area contributed by atoms with Crippen molar-refractivity contribution in [3.05, 3.63) is 36.0 Å². The number of halogens is 4. The number of carbonyl (C=O) groups excluding carboxylic acids is 1. The van der Waals surface area contributed by atoms with Gasteiger partial charge in [-0.3, -0.25) is 4.79 Å². The van der Waals surface area contributed by atoms with Gasteiger partial charge in [0, 0.05) is 0 Å². The van der Waals surface area contributed by atoms with Gasteiger partial charge < -0.3 is 4.52 Å². The maximum Gasteiger partial charge on any atom is 0.450 e. The van der Waals surface area contributed by atoms with Gasteiger partial charge in [-0.15, -0.1) is 0 Å². The maximum atomic E-state index is 13.5. The monoisotopic (exact) mass is 288 g/mol. The molecular weight excluding hydrogens is 280 g/mol. The number of Topliss-reactive ketones (excluding diaryl/α,β-unsaturated/α-hetero) is 1. The summed E-state index contributed by atoms with van der Waals surface area (Å²) >= 11 is 0. The number of ketones is 1. The van der Waals surface area contributed by atoms with Crippen molar-refractivity contribution in [2.75, 3.05) is 0 Å². The van der Waals surface area contributed by atoms with Crippen molar-refractivity contribution in [1.29, 1.82) is 0 Å². The van der Waals surface area contributed by atoms with E-state index in [1.165, 1.54) is 18.2 Å². The third-order valence-electron chi connectivity index (χ3n) is 2.60. The Hall–Kier alpha value is -2.25. The van der Waals surface area contributed by atoms with Gasteiger partial charge in [-0.1, -0.05) is 17.3 Å². The van der Waals surface area contributed by atoms with Gasteiger partial charge in [-0.2, -0.15) is 18.2 Å². The number of hydrogen-bond donors (Lipinski definition) is 0. The zero-order chi connectivity index (χ0) is 14.9. The molecule has 0 fully saturated rings. The van der Waals surface area contributed by atoms with Gasteiger partial charge in [0.25, 0.3) is 0 Å². The summed E-state index contributed by atoms with van der Waals surface area (Å²) in [6, 6.07) is 5.45. The highest BCUT2D eigenvalue weighted by Gasteiger charge is 2.44. The second-order valence-electron chi connectivity index (χ2n) is 4.02. The molecule has 2 rings (SSSR count). The highest BCUT2D eigenvalue weighted by molar-refractivity contribution is 5.89. The lowest BCUT2D eigenvalue weighted by atomic mass is 10.1. The van der Waals surface area contributed by atoms with E-state index in [4.69, 9.17) is 0 Å². The Morgan fingerprint density at radius 3 is 2.55 bits per heavy atom. The number of rotatable bonds is 3. The summed E-state index contributed by atoms with van der Waals surface area (Å²) in [6.45, 7) is 0.995. The van der Waals surface area contributed by atoms with Crippen LogP contribution in [0.1, 0.15) is 18.7 Å². The molecule has 106 valence electrons. The summed E-state index contributed by atoms with van der Waals surface area (Å²) in [7, 11) is 0. The van der Waals surface area contributed by atoms with Crippen LogP contribution in [0.2, 0.25) is 0 Å². The third-order valence-corrected chi connectivity index (χ3v) is 2.60. The van der Waals surface area contributed by atoms with Crippen LogP contribution in [0.4, 0.5) is 17.6 Å². The second-order valence-corrected chi connectivity index (χ2v) is 4.02. The fraction of sp³-hybridized carbons (Fsp3) is 0.250. The summed E-state index contributed by atoms with van der Waals surface area (Å²) in [5, 5.41) is 3.39. The molecule has 0 saturated heterocycles. The molecule has 0 aliphatic heterocycles. The van der Waals surface area contributed by atoms with E-state index in [1.54, 1.807) is 0 Å². The van der Waals surface area contributed by atoms with Gasteiger partial charge >= 0.3 is 6.18 Å². The van der Waals surface area contributed by atoms with E-state index < -0.39 is 29.6 Å². The molecule has 0 amide bonds. The Balaban J connectivity index is 2.30. The fourth-order valence-electron chi connectivity index (χ4n) is 1.52. The Kier molecular flexibility index (Phi) is 3.56. The second kappa shape index (κ2) is 5.03. The summed E-state index contributed by atoms with van der Waals surface area (Å²) < 4.78 is 54.9. The first kappa shape index (κ1) is 14.2. The molecule has 0 bridgehead atoms. The normalized spacial score (nSPS) is 13.2. The van der Waals surface area contributed by atoms with Crippen molar-refractivity contribution in [3.63, 3.8) is 0 Å². The summed E-state index contributed by atoms with van der Waals surface area (Å²) in [5.74, 6) is -5.00. The van der Waals surface area contributed by atoms with E-state index in [9.17, 15) is 22.4 Å². The number of aromatic nitrogens is 2. The van der Waals surface area contributed by atoms with Crippen molar-refractivity contribution in [3.8, 4) is 11.4 Å². The van der Waals surface area contributed by atoms with Crippen LogP contribution >= 0.6 is 0 Å². The van der Waals surface area contributed by atoms with Gasteiger partial charge in [0.05, 0.1) is 5.56 Å². The first-order chi connectivity index (χ1) is 9.30. The fourth-order valence-corrected chi connectivity index (χ4v) is 1.52. The highest BCUT2D eigenvalue weighted by Crippen LogP contribution is 2.28. The van der Waals surface area contributed by atoms with E-state index in [2.05, 4.69) is 14.7 Å². The van der Waals surface area contributed by atoms with Gasteiger partial charge in [0.1, 0.15) is 11.7 Å². The predicted octanol–water partition coefficient (Wildman–Crippen LogP) is 3.11. The minimum atomic E-state index is -4.99. The molecule has 0 N–H and O–H groups in total. The maximum absolute atomic E-state index is 13.5. The van der Waals surface area contributed by atoms with Gasteiger partial charge in [-0.05, 0) is 19.1 Å². The smallest absolute Gasteiger partial charge is 0.338 e. The zero-order valence-corrected chi connectivity index (χ0v) is 10.1. The van der Waals surface area contributed by atoms with E-state index in [0.717, 1.165) is 13.0 Å². The average molecular weight is 288 g/mol. The van der Waals surface area contributed by atoms with Crippen LogP contribution in [-0.2, 0) is 4.79 Å². The molecule has 1 aromatic heterocycles. The molecule has 8 heteroatoms. The minimum absolute atomic E-state index is 0.0193. The van der Waals surface area contributed by atoms with Gasteiger partial charge in [-0.25, -0.2) is 4.39 Å². The van der Waals surface area contributed by atoms with Gasteiger partial charge in [0.15, 0.2) is 0 Å². The van der Waals surface area contributed by atoms with E-state index >= 15 is 0 Å². The molecular formula is C12H8F4N2O2. The van der Waals surface area contributed by atoms with Gasteiger partial charge in [0.2, 0.25) is 17.5 Å². The van der Waals surface area contributed by atoms with Crippen LogP contribution in [0.3, 0.4) is 0 Å². The molecule has 1 atom stereocenters. The van der Waals surface area contributed by atoms with E-state index in [1.807, 2.05) is 0 Å². The molecule has 0 aliphatic carbocycles.